The first-order valence-electron chi connectivity index (χ1n) is 5.87. The molecule has 1 heterocycles. The monoisotopic (exact) mass is 265 g/mol. The van der Waals surface area contributed by atoms with Crippen LogP contribution in [0.3, 0.4) is 0 Å². The third kappa shape index (κ3) is 4.17. The Morgan fingerprint density at radius 1 is 1.63 bits per heavy atom. The summed E-state index contributed by atoms with van der Waals surface area (Å²) in [4.78, 5) is 19.9. The van der Waals surface area contributed by atoms with Crippen molar-refractivity contribution in [3.63, 3.8) is 0 Å². The van der Waals surface area contributed by atoms with E-state index in [-0.39, 0.29) is 18.3 Å². The van der Waals surface area contributed by atoms with Crippen molar-refractivity contribution in [2.24, 2.45) is 11.7 Å². The number of rotatable bonds is 6. The molecule has 0 aliphatic carbocycles. The van der Waals surface area contributed by atoms with Crippen molar-refractivity contribution < 1.29 is 9.18 Å². The minimum Gasteiger partial charge on any atom is -0.368 e. The highest BCUT2D eigenvalue weighted by atomic mass is 19.1. The molecule has 0 aliphatic heterocycles. The molecule has 1 aromatic heterocycles. The van der Waals surface area contributed by atoms with Gasteiger partial charge in [0.05, 0.1) is 6.07 Å². The summed E-state index contributed by atoms with van der Waals surface area (Å²) in [6.07, 6.45) is 0.783. The maximum absolute atomic E-state index is 13.0. The van der Waals surface area contributed by atoms with Crippen molar-refractivity contribution in [3.05, 3.63) is 18.3 Å². The lowest BCUT2D eigenvalue weighted by atomic mass is 10.0. The first-order valence-corrected chi connectivity index (χ1v) is 5.87. The molecule has 0 radical (unpaired) electrons. The molecule has 19 heavy (non-hydrogen) atoms. The minimum absolute atomic E-state index is 0.100. The molecule has 0 spiro atoms. The van der Waals surface area contributed by atoms with Gasteiger partial charge in [0.25, 0.3) is 0 Å². The van der Waals surface area contributed by atoms with Crippen molar-refractivity contribution in [3.8, 4) is 6.07 Å². The van der Waals surface area contributed by atoms with Gasteiger partial charge >= 0.3 is 6.08 Å². The van der Waals surface area contributed by atoms with E-state index in [0.29, 0.717) is 6.42 Å². The lowest BCUT2D eigenvalue weighted by Crippen LogP contribution is -2.46. The highest BCUT2D eigenvalue weighted by molar-refractivity contribution is 5.83. The number of amides is 1. The van der Waals surface area contributed by atoms with E-state index in [2.05, 4.69) is 9.97 Å². The standard InChI is InChI=1S/C12H16FN5O/c1-8(2)7-9(11(15)19)18(6-4-14)10-3-5-16-12(13)17-10/h3,5,8-9H,6-7H2,1-2H3,(H2,15,19)/t9-/m0/s1. The van der Waals surface area contributed by atoms with Gasteiger partial charge in [0, 0.05) is 6.20 Å². The molecule has 0 saturated carbocycles. The van der Waals surface area contributed by atoms with E-state index in [1.165, 1.54) is 17.2 Å². The molecule has 1 aromatic rings. The largest absolute Gasteiger partial charge is 0.368 e. The third-order valence-electron chi connectivity index (χ3n) is 2.55. The zero-order chi connectivity index (χ0) is 14.4. The molecule has 6 nitrogen and oxygen atoms in total. The molecule has 1 atom stereocenters. The molecule has 0 saturated heterocycles. The fraction of sp³-hybridized carbons (Fsp3) is 0.500. The Hall–Kier alpha value is -2.23. The minimum atomic E-state index is -0.909. The molecule has 1 rings (SSSR count). The Bertz CT molecular complexity index is 485. The van der Waals surface area contributed by atoms with E-state index in [1.54, 1.807) is 0 Å². The highest BCUT2D eigenvalue weighted by Crippen LogP contribution is 2.18. The van der Waals surface area contributed by atoms with Crippen LogP contribution in [0.2, 0.25) is 0 Å². The molecule has 0 bridgehead atoms. The number of hydrogen-bond acceptors (Lipinski definition) is 5. The second kappa shape index (κ2) is 6.64. The topological polar surface area (TPSA) is 95.9 Å². The normalized spacial score (nSPS) is 11.9. The first kappa shape index (κ1) is 14.8. The number of hydrogen-bond donors (Lipinski definition) is 1. The molecule has 7 heteroatoms. The number of aromatic nitrogens is 2. The van der Waals surface area contributed by atoms with Gasteiger partial charge in [0.2, 0.25) is 5.91 Å². The van der Waals surface area contributed by atoms with Crippen LogP contribution in [0.5, 0.6) is 0 Å². The SMILES string of the molecule is CC(C)C[C@@H](C(N)=O)N(CC#N)c1ccnc(F)n1. The molecule has 2 N–H and O–H groups in total. The van der Waals surface area contributed by atoms with Crippen molar-refractivity contribution in [1.29, 1.82) is 5.26 Å². The Morgan fingerprint density at radius 3 is 2.79 bits per heavy atom. The summed E-state index contributed by atoms with van der Waals surface area (Å²) in [7, 11) is 0. The molecular formula is C12H16FN5O. The van der Waals surface area contributed by atoms with E-state index in [0.717, 1.165) is 0 Å². The Labute approximate surface area is 111 Å². The fourth-order valence-electron chi connectivity index (χ4n) is 1.76. The smallest absolute Gasteiger partial charge is 0.310 e. The van der Waals surface area contributed by atoms with Crippen LogP contribution < -0.4 is 10.6 Å². The summed E-state index contributed by atoms with van der Waals surface area (Å²) in [6, 6.07) is 2.67. The summed E-state index contributed by atoms with van der Waals surface area (Å²) in [6.45, 7) is 3.76. The molecule has 0 aromatic carbocycles. The highest BCUT2D eigenvalue weighted by Gasteiger charge is 2.26. The molecule has 0 unspecified atom stereocenters. The number of nitrogens with two attached hydrogens (primary N) is 1. The fourth-order valence-corrected chi connectivity index (χ4v) is 1.76. The Kier molecular flexibility index (Phi) is 5.18. The predicted molar refractivity (Wildman–Crippen MR) is 67.4 cm³/mol. The van der Waals surface area contributed by atoms with Gasteiger partial charge in [-0.2, -0.15) is 14.6 Å². The molecular weight excluding hydrogens is 249 g/mol. The third-order valence-corrected chi connectivity index (χ3v) is 2.55. The van der Waals surface area contributed by atoms with Crippen LogP contribution in [0.15, 0.2) is 12.3 Å². The van der Waals surface area contributed by atoms with Gasteiger partial charge in [-0.15, -0.1) is 0 Å². The van der Waals surface area contributed by atoms with E-state index >= 15 is 0 Å². The summed E-state index contributed by atoms with van der Waals surface area (Å²) in [5.41, 5.74) is 5.36. The lowest BCUT2D eigenvalue weighted by molar-refractivity contribution is -0.119. The van der Waals surface area contributed by atoms with Gasteiger partial charge in [-0.25, -0.2) is 4.98 Å². The number of anilines is 1. The summed E-state index contributed by atoms with van der Waals surface area (Å²) < 4.78 is 13.0. The van der Waals surface area contributed by atoms with Crippen LogP contribution in [0.1, 0.15) is 20.3 Å². The van der Waals surface area contributed by atoms with E-state index in [9.17, 15) is 9.18 Å². The van der Waals surface area contributed by atoms with Crippen LogP contribution in [0, 0.1) is 23.3 Å². The van der Waals surface area contributed by atoms with Crippen molar-refractivity contribution >= 4 is 11.7 Å². The number of nitriles is 1. The van der Waals surface area contributed by atoms with E-state index < -0.39 is 18.0 Å². The Morgan fingerprint density at radius 2 is 2.32 bits per heavy atom. The van der Waals surface area contributed by atoms with Crippen molar-refractivity contribution in [2.45, 2.75) is 26.3 Å². The van der Waals surface area contributed by atoms with E-state index in [1.807, 2.05) is 19.9 Å². The van der Waals surface area contributed by atoms with Gasteiger partial charge in [-0.1, -0.05) is 13.8 Å². The van der Waals surface area contributed by atoms with Gasteiger partial charge in [-0.05, 0) is 18.4 Å². The summed E-state index contributed by atoms with van der Waals surface area (Å²) in [5, 5.41) is 8.85. The number of carbonyl (C=O) groups is 1. The van der Waals surface area contributed by atoms with Crippen LogP contribution >= 0.6 is 0 Å². The first-order chi connectivity index (χ1) is 8.95. The van der Waals surface area contributed by atoms with Crippen molar-refractivity contribution in [2.75, 3.05) is 11.4 Å². The van der Waals surface area contributed by atoms with Crippen LogP contribution in [-0.4, -0.2) is 28.5 Å². The van der Waals surface area contributed by atoms with Crippen LogP contribution in [0.25, 0.3) is 0 Å². The quantitative estimate of drug-likeness (QED) is 0.607. The number of nitrogens with zero attached hydrogens (tertiary/aromatic N) is 4. The molecule has 102 valence electrons. The van der Waals surface area contributed by atoms with Crippen molar-refractivity contribution in [1.82, 2.24) is 9.97 Å². The second-order valence-electron chi connectivity index (χ2n) is 4.52. The van der Waals surface area contributed by atoms with E-state index in [4.69, 9.17) is 11.0 Å². The maximum Gasteiger partial charge on any atom is 0.310 e. The predicted octanol–water partition coefficient (Wildman–Crippen LogP) is 0.846. The summed E-state index contributed by atoms with van der Waals surface area (Å²) >= 11 is 0. The molecule has 0 aliphatic rings. The maximum atomic E-state index is 13.0. The summed E-state index contributed by atoms with van der Waals surface area (Å²) in [5.74, 6) is -0.188. The van der Waals surface area contributed by atoms with Gasteiger partial charge in [-0.3, -0.25) is 4.79 Å². The zero-order valence-corrected chi connectivity index (χ0v) is 10.9. The lowest BCUT2D eigenvalue weighted by Gasteiger charge is -2.29. The zero-order valence-electron chi connectivity index (χ0n) is 10.9. The van der Waals surface area contributed by atoms with Crippen LogP contribution in [-0.2, 0) is 4.79 Å². The molecule has 1 amide bonds. The van der Waals surface area contributed by atoms with Crippen LogP contribution in [0.4, 0.5) is 10.2 Å². The Balaban J connectivity index is 3.10. The number of halogens is 1. The second-order valence-corrected chi connectivity index (χ2v) is 4.52. The molecule has 0 fully saturated rings. The average molecular weight is 265 g/mol. The van der Waals surface area contributed by atoms with Gasteiger partial charge in [0.15, 0.2) is 0 Å². The van der Waals surface area contributed by atoms with Gasteiger partial charge < -0.3 is 10.6 Å². The number of carbonyl (C=O) groups excluding carboxylic acids is 1. The average Bonchev–Trinajstić information content (AvgIpc) is 2.33. The van der Waals surface area contributed by atoms with Gasteiger partial charge in [0.1, 0.15) is 18.4 Å². The number of primary amides is 1.